The molecular weight excluding hydrogens is 446 g/mol. The SMILES string of the molecule is C=CCN1C2CCCC1CN(C(c1ccc(C(=O)N3CCCCC3)cc1)c1cccc(OC)c1)CC2. The predicted molar refractivity (Wildman–Crippen MR) is 146 cm³/mol. The molecule has 36 heavy (non-hydrogen) atoms. The average molecular weight is 488 g/mol. The van der Waals surface area contributed by atoms with Gasteiger partial charge in [-0.3, -0.25) is 14.6 Å². The molecule has 1 amide bonds. The Morgan fingerprint density at radius 2 is 1.75 bits per heavy atom. The van der Waals surface area contributed by atoms with Gasteiger partial charge < -0.3 is 9.64 Å². The first-order valence-electron chi connectivity index (χ1n) is 13.8. The van der Waals surface area contributed by atoms with E-state index in [2.05, 4.69) is 52.8 Å². The van der Waals surface area contributed by atoms with Crippen molar-refractivity contribution < 1.29 is 9.53 Å². The normalized spacial score (nSPS) is 24.1. The third-order valence-electron chi connectivity index (χ3n) is 8.44. The predicted octanol–water partition coefficient (Wildman–Crippen LogP) is 5.53. The van der Waals surface area contributed by atoms with Gasteiger partial charge in [0.05, 0.1) is 13.2 Å². The summed E-state index contributed by atoms with van der Waals surface area (Å²) < 4.78 is 5.60. The summed E-state index contributed by atoms with van der Waals surface area (Å²) in [6.45, 7) is 8.87. The van der Waals surface area contributed by atoms with Crippen molar-refractivity contribution in [2.45, 2.75) is 63.1 Å². The molecule has 5 heteroatoms. The lowest BCUT2D eigenvalue weighted by Crippen LogP contribution is -2.48. The van der Waals surface area contributed by atoms with Crippen LogP contribution < -0.4 is 4.74 Å². The Hall–Kier alpha value is -2.63. The number of rotatable bonds is 7. The summed E-state index contributed by atoms with van der Waals surface area (Å²) in [5.41, 5.74) is 3.29. The number of amides is 1. The van der Waals surface area contributed by atoms with Gasteiger partial charge in [-0.15, -0.1) is 6.58 Å². The Morgan fingerprint density at radius 3 is 2.50 bits per heavy atom. The van der Waals surface area contributed by atoms with Crippen molar-refractivity contribution in [3.63, 3.8) is 0 Å². The van der Waals surface area contributed by atoms with E-state index >= 15 is 0 Å². The van der Waals surface area contributed by atoms with E-state index in [4.69, 9.17) is 4.74 Å². The van der Waals surface area contributed by atoms with Crippen molar-refractivity contribution in [2.75, 3.05) is 39.8 Å². The van der Waals surface area contributed by atoms with E-state index in [1.165, 1.54) is 43.2 Å². The maximum absolute atomic E-state index is 13.1. The van der Waals surface area contributed by atoms with Gasteiger partial charge in [0.2, 0.25) is 0 Å². The quantitative estimate of drug-likeness (QED) is 0.482. The molecule has 3 fully saturated rings. The van der Waals surface area contributed by atoms with E-state index in [0.29, 0.717) is 12.1 Å². The molecule has 3 aliphatic heterocycles. The average Bonchev–Trinajstić information content (AvgIpc) is 3.01. The summed E-state index contributed by atoms with van der Waals surface area (Å²) in [6.07, 6.45) is 10.5. The van der Waals surface area contributed by atoms with E-state index in [9.17, 15) is 4.79 Å². The van der Waals surface area contributed by atoms with E-state index in [1.807, 2.05) is 23.1 Å². The highest BCUT2D eigenvalue weighted by atomic mass is 16.5. The number of likely N-dealkylation sites (tertiary alicyclic amines) is 1. The second kappa shape index (κ2) is 11.6. The van der Waals surface area contributed by atoms with E-state index < -0.39 is 0 Å². The number of benzene rings is 2. The molecule has 0 N–H and O–H groups in total. The summed E-state index contributed by atoms with van der Waals surface area (Å²) in [5, 5.41) is 0. The standard InChI is InChI=1S/C31H41N3O2/c1-3-18-34-27-10-8-11-28(34)23-33(21-17-27)30(26-9-7-12-29(22-26)36-2)24-13-15-25(16-14-24)31(35)32-19-5-4-6-20-32/h3,7,9,12-16,22,27-28,30H,1,4-6,8,10-11,17-21,23H2,2H3. The zero-order chi connectivity index (χ0) is 24.9. The Kier molecular flexibility index (Phi) is 8.08. The molecule has 0 radical (unpaired) electrons. The maximum Gasteiger partial charge on any atom is 0.253 e. The van der Waals surface area contributed by atoms with Gasteiger partial charge in [-0.2, -0.15) is 0 Å². The first-order chi connectivity index (χ1) is 17.7. The summed E-state index contributed by atoms with van der Waals surface area (Å²) in [7, 11) is 1.73. The minimum absolute atomic E-state index is 0.129. The van der Waals surface area contributed by atoms with E-state index in [1.54, 1.807) is 7.11 Å². The molecule has 0 saturated carbocycles. The Bertz CT molecular complexity index is 1030. The molecule has 3 unspecified atom stereocenters. The smallest absolute Gasteiger partial charge is 0.253 e. The van der Waals surface area contributed by atoms with Crippen LogP contribution in [-0.4, -0.2) is 72.5 Å². The lowest BCUT2D eigenvalue weighted by atomic mass is 9.94. The summed E-state index contributed by atoms with van der Waals surface area (Å²) in [5.74, 6) is 1.05. The zero-order valence-electron chi connectivity index (χ0n) is 21.8. The van der Waals surface area contributed by atoms with Crippen molar-refractivity contribution in [3.8, 4) is 5.75 Å². The molecule has 3 atom stereocenters. The fourth-order valence-electron chi connectivity index (χ4n) is 6.60. The number of ether oxygens (including phenoxy) is 1. The molecule has 2 aromatic rings. The number of fused-ring (bicyclic) bond motifs is 2. The number of nitrogens with zero attached hydrogens (tertiary/aromatic N) is 3. The molecule has 3 aliphatic rings. The minimum Gasteiger partial charge on any atom is -0.497 e. The van der Waals surface area contributed by atoms with Crippen LogP contribution in [0.15, 0.2) is 61.2 Å². The fraction of sp³-hybridized carbons (Fsp3) is 0.516. The van der Waals surface area contributed by atoms with E-state index in [0.717, 1.165) is 56.9 Å². The second-order valence-corrected chi connectivity index (χ2v) is 10.7. The van der Waals surface area contributed by atoms with Gasteiger partial charge in [-0.1, -0.05) is 36.8 Å². The van der Waals surface area contributed by atoms with Crippen molar-refractivity contribution in [1.82, 2.24) is 14.7 Å². The first-order valence-corrected chi connectivity index (χ1v) is 13.8. The maximum atomic E-state index is 13.1. The molecular formula is C31H41N3O2. The highest BCUT2D eigenvalue weighted by Crippen LogP contribution is 2.36. The van der Waals surface area contributed by atoms with Crippen LogP contribution in [0.3, 0.4) is 0 Å². The third-order valence-corrected chi connectivity index (χ3v) is 8.44. The lowest BCUT2D eigenvalue weighted by Gasteiger charge is -2.41. The molecule has 3 heterocycles. The Labute approximate surface area is 216 Å². The van der Waals surface area contributed by atoms with Gasteiger partial charge >= 0.3 is 0 Å². The highest BCUT2D eigenvalue weighted by Gasteiger charge is 2.36. The molecule has 2 aromatic carbocycles. The molecule has 0 aromatic heterocycles. The van der Waals surface area contributed by atoms with Crippen LogP contribution in [0.2, 0.25) is 0 Å². The number of methoxy groups -OCH3 is 1. The number of carbonyl (C=O) groups is 1. The van der Waals surface area contributed by atoms with Crippen molar-refractivity contribution in [3.05, 3.63) is 77.9 Å². The fourth-order valence-corrected chi connectivity index (χ4v) is 6.60. The van der Waals surface area contributed by atoms with Crippen LogP contribution in [0.25, 0.3) is 0 Å². The van der Waals surface area contributed by atoms with Crippen LogP contribution in [0.4, 0.5) is 0 Å². The van der Waals surface area contributed by atoms with Crippen molar-refractivity contribution >= 4 is 5.91 Å². The molecule has 5 nitrogen and oxygen atoms in total. The monoisotopic (exact) mass is 487 g/mol. The topological polar surface area (TPSA) is 36.0 Å². The number of carbonyl (C=O) groups excluding carboxylic acids is 1. The van der Waals surface area contributed by atoms with Crippen molar-refractivity contribution in [2.24, 2.45) is 0 Å². The largest absolute Gasteiger partial charge is 0.497 e. The zero-order valence-corrected chi connectivity index (χ0v) is 21.8. The van der Waals surface area contributed by atoms with Gasteiger partial charge in [0.25, 0.3) is 5.91 Å². The first kappa shape index (κ1) is 25.0. The minimum atomic E-state index is 0.129. The van der Waals surface area contributed by atoms with Gasteiger partial charge in [-0.05, 0) is 73.9 Å². The van der Waals surface area contributed by atoms with Gasteiger partial charge in [0.15, 0.2) is 0 Å². The molecule has 0 spiro atoms. The molecule has 192 valence electrons. The summed E-state index contributed by atoms with van der Waals surface area (Å²) >= 11 is 0. The highest BCUT2D eigenvalue weighted by molar-refractivity contribution is 5.94. The number of hydrogen-bond donors (Lipinski definition) is 0. The third kappa shape index (κ3) is 5.37. The molecule has 3 saturated heterocycles. The summed E-state index contributed by atoms with van der Waals surface area (Å²) in [4.78, 5) is 20.5. The molecule has 0 aliphatic carbocycles. The summed E-state index contributed by atoms with van der Waals surface area (Å²) in [6, 6.07) is 18.3. The Morgan fingerprint density at radius 1 is 0.972 bits per heavy atom. The van der Waals surface area contributed by atoms with Crippen molar-refractivity contribution in [1.29, 1.82) is 0 Å². The van der Waals surface area contributed by atoms with Crippen LogP contribution in [0.1, 0.15) is 72.5 Å². The number of hydrogen-bond acceptors (Lipinski definition) is 4. The van der Waals surface area contributed by atoms with Crippen LogP contribution in [0.5, 0.6) is 5.75 Å². The van der Waals surface area contributed by atoms with Crippen LogP contribution >= 0.6 is 0 Å². The van der Waals surface area contributed by atoms with Gasteiger partial charge in [0.1, 0.15) is 5.75 Å². The lowest BCUT2D eigenvalue weighted by molar-refractivity contribution is 0.0724. The second-order valence-electron chi connectivity index (χ2n) is 10.7. The van der Waals surface area contributed by atoms with Crippen LogP contribution in [-0.2, 0) is 0 Å². The van der Waals surface area contributed by atoms with E-state index in [-0.39, 0.29) is 11.9 Å². The molecule has 5 rings (SSSR count). The Balaban J connectivity index is 1.45. The van der Waals surface area contributed by atoms with Gasteiger partial charge in [0, 0.05) is 50.4 Å². The van der Waals surface area contributed by atoms with Crippen LogP contribution in [0, 0.1) is 0 Å². The number of piperidine rings is 2. The van der Waals surface area contributed by atoms with Gasteiger partial charge in [-0.25, -0.2) is 0 Å². The molecule has 2 bridgehead atoms.